The molecule has 120 valence electrons. The van der Waals surface area contributed by atoms with Gasteiger partial charge in [-0.3, -0.25) is 0 Å². The van der Waals surface area contributed by atoms with Gasteiger partial charge in [-0.25, -0.2) is 8.98 Å². The zero-order chi connectivity index (χ0) is 16.4. The lowest BCUT2D eigenvalue weighted by molar-refractivity contribution is -0.166. The van der Waals surface area contributed by atoms with E-state index in [0.717, 1.165) is 0 Å². The monoisotopic (exact) mass is 320 g/mol. The van der Waals surface area contributed by atoms with Gasteiger partial charge in [-0.05, 0) is 26.7 Å². The van der Waals surface area contributed by atoms with Crippen LogP contribution in [0.25, 0.3) is 0 Å². The quantitative estimate of drug-likeness (QED) is 0.442. The van der Waals surface area contributed by atoms with Crippen LogP contribution < -0.4 is 0 Å². The van der Waals surface area contributed by atoms with E-state index in [2.05, 4.69) is 4.18 Å². The van der Waals surface area contributed by atoms with Crippen LogP contribution in [0, 0.1) is 5.92 Å². The Balaban J connectivity index is 5.26. The summed E-state index contributed by atoms with van der Waals surface area (Å²) < 4.78 is 67.8. The van der Waals surface area contributed by atoms with Crippen LogP contribution in [0.5, 0.6) is 0 Å². The van der Waals surface area contributed by atoms with E-state index >= 15 is 0 Å². The maximum absolute atomic E-state index is 12.3. The van der Waals surface area contributed by atoms with Crippen LogP contribution in [-0.2, 0) is 23.8 Å². The van der Waals surface area contributed by atoms with Crippen molar-refractivity contribution in [3.05, 3.63) is 0 Å². The summed E-state index contributed by atoms with van der Waals surface area (Å²) in [7, 11) is -5.85. The molecule has 0 radical (unpaired) electrons. The second-order valence-corrected chi connectivity index (χ2v) is 6.90. The van der Waals surface area contributed by atoms with Crippen LogP contribution in [0.4, 0.5) is 13.2 Å². The van der Waals surface area contributed by atoms with Crippen molar-refractivity contribution in [1.82, 2.24) is 0 Å². The van der Waals surface area contributed by atoms with Crippen LogP contribution >= 0.6 is 0 Å². The molecule has 0 saturated carbocycles. The summed E-state index contributed by atoms with van der Waals surface area (Å²) in [5, 5.41) is 0. The van der Waals surface area contributed by atoms with Gasteiger partial charge in [-0.15, -0.1) is 0 Å². The normalized spacial score (nSPS) is 16.6. The third-order valence-electron chi connectivity index (χ3n) is 2.31. The summed E-state index contributed by atoms with van der Waals surface area (Å²) in [5.74, 6) is -1.89. The molecule has 5 nitrogen and oxygen atoms in total. The predicted octanol–water partition coefficient (Wildman–Crippen LogP) is 2.61. The zero-order valence-electron chi connectivity index (χ0n) is 11.9. The van der Waals surface area contributed by atoms with Gasteiger partial charge in [0.2, 0.25) is 0 Å². The fraction of sp³-hybridized carbons (Fsp3) is 0.909. The highest BCUT2D eigenvalue weighted by Gasteiger charge is 2.50. The summed E-state index contributed by atoms with van der Waals surface area (Å²) in [6.07, 6.45) is -1.58. The average Bonchev–Trinajstić information content (AvgIpc) is 2.20. The van der Waals surface area contributed by atoms with Gasteiger partial charge >= 0.3 is 21.6 Å². The number of rotatable bonds is 5. The van der Waals surface area contributed by atoms with E-state index in [0.29, 0.717) is 0 Å². The molecule has 0 fully saturated rings. The largest absolute Gasteiger partial charge is 0.523 e. The molecule has 20 heavy (non-hydrogen) atoms. The second kappa shape index (κ2) is 6.30. The number of hydrogen-bond acceptors (Lipinski definition) is 5. The predicted molar refractivity (Wildman–Crippen MR) is 65.1 cm³/mol. The molecule has 0 aromatic rings. The van der Waals surface area contributed by atoms with Gasteiger partial charge < -0.3 is 4.74 Å². The summed E-state index contributed by atoms with van der Waals surface area (Å²) in [4.78, 5) is 11.8. The first kappa shape index (κ1) is 19.2. The molecule has 0 aliphatic rings. The Bertz CT molecular complexity index is 436. The standard InChI is InChI=1S/C11H19F3O5S/c1-6-7(2)8(9(15)18-10(3,4)5)19-20(16,17)11(12,13)14/h7-8H,6H2,1-5H3/t7-,8-/m0/s1. The van der Waals surface area contributed by atoms with Crippen molar-refractivity contribution in [3.8, 4) is 0 Å². The van der Waals surface area contributed by atoms with E-state index in [1.54, 1.807) is 6.92 Å². The molecule has 0 heterocycles. The highest BCUT2D eigenvalue weighted by Crippen LogP contribution is 2.28. The number of carbonyl (C=O) groups is 1. The first-order chi connectivity index (χ1) is 8.71. The molecule has 0 aliphatic heterocycles. The molecule has 0 amide bonds. The molecule has 0 aromatic heterocycles. The van der Waals surface area contributed by atoms with Crippen LogP contribution in [0.3, 0.4) is 0 Å². The van der Waals surface area contributed by atoms with Gasteiger partial charge in [-0.2, -0.15) is 21.6 Å². The SMILES string of the molecule is CC[C@H](C)[C@H](OS(=O)(=O)C(F)(F)F)C(=O)OC(C)(C)C. The van der Waals surface area contributed by atoms with Crippen molar-refractivity contribution in [2.45, 2.75) is 58.3 Å². The van der Waals surface area contributed by atoms with E-state index in [4.69, 9.17) is 4.74 Å². The van der Waals surface area contributed by atoms with Gasteiger partial charge in [-0.1, -0.05) is 20.3 Å². The van der Waals surface area contributed by atoms with E-state index in [9.17, 15) is 26.4 Å². The number of esters is 1. The maximum atomic E-state index is 12.3. The molecular formula is C11H19F3O5S. The summed E-state index contributed by atoms with van der Waals surface area (Å²) in [6, 6.07) is 0. The minimum atomic E-state index is -5.85. The minimum absolute atomic E-state index is 0.247. The third-order valence-corrected chi connectivity index (χ3v) is 3.34. The fourth-order valence-corrected chi connectivity index (χ4v) is 1.78. The second-order valence-electron chi connectivity index (χ2n) is 5.34. The van der Waals surface area contributed by atoms with Crippen molar-refractivity contribution in [2.75, 3.05) is 0 Å². The van der Waals surface area contributed by atoms with E-state index in [1.165, 1.54) is 27.7 Å². The number of ether oxygens (including phenoxy) is 1. The molecule has 0 bridgehead atoms. The van der Waals surface area contributed by atoms with E-state index in [-0.39, 0.29) is 6.42 Å². The molecule has 0 aromatic carbocycles. The Kier molecular flexibility index (Phi) is 6.03. The lowest BCUT2D eigenvalue weighted by Gasteiger charge is -2.26. The highest BCUT2D eigenvalue weighted by molar-refractivity contribution is 7.87. The van der Waals surface area contributed by atoms with Crippen LogP contribution in [0.15, 0.2) is 0 Å². The van der Waals surface area contributed by atoms with Crippen molar-refractivity contribution in [2.24, 2.45) is 5.92 Å². The van der Waals surface area contributed by atoms with Gasteiger partial charge in [0.05, 0.1) is 0 Å². The first-order valence-corrected chi connectivity index (χ1v) is 7.34. The Labute approximate surface area is 116 Å². The zero-order valence-corrected chi connectivity index (χ0v) is 12.8. The lowest BCUT2D eigenvalue weighted by atomic mass is 10.0. The molecule has 0 spiro atoms. The molecule has 2 atom stereocenters. The van der Waals surface area contributed by atoms with Gasteiger partial charge in [0.1, 0.15) is 5.60 Å². The maximum Gasteiger partial charge on any atom is 0.523 e. The van der Waals surface area contributed by atoms with Crippen molar-refractivity contribution in [1.29, 1.82) is 0 Å². The molecule has 9 heteroatoms. The molecule has 0 unspecified atom stereocenters. The summed E-state index contributed by atoms with van der Waals surface area (Å²) in [6.45, 7) is 7.52. The Morgan fingerprint density at radius 2 is 1.65 bits per heavy atom. The molecule has 0 aliphatic carbocycles. The highest BCUT2D eigenvalue weighted by atomic mass is 32.2. The van der Waals surface area contributed by atoms with E-state index in [1.807, 2.05) is 0 Å². The smallest absolute Gasteiger partial charge is 0.458 e. The molecule has 0 saturated heterocycles. The molecular weight excluding hydrogens is 301 g/mol. The number of alkyl halides is 3. The number of carbonyl (C=O) groups excluding carboxylic acids is 1. The van der Waals surface area contributed by atoms with Crippen LogP contribution in [0.2, 0.25) is 0 Å². The van der Waals surface area contributed by atoms with Crippen LogP contribution in [0.1, 0.15) is 41.0 Å². The lowest BCUT2D eigenvalue weighted by Crippen LogP contribution is -2.41. The third kappa shape index (κ3) is 5.66. The Morgan fingerprint density at radius 3 is 1.95 bits per heavy atom. The van der Waals surface area contributed by atoms with Gasteiger partial charge in [0.25, 0.3) is 0 Å². The molecule has 0 N–H and O–H groups in total. The number of hydrogen-bond donors (Lipinski definition) is 0. The Hall–Kier alpha value is -0.830. The average molecular weight is 320 g/mol. The minimum Gasteiger partial charge on any atom is -0.458 e. The summed E-state index contributed by atoms with van der Waals surface area (Å²) >= 11 is 0. The topological polar surface area (TPSA) is 69.7 Å². The number of halogens is 3. The van der Waals surface area contributed by atoms with Gasteiger partial charge in [0.15, 0.2) is 6.10 Å². The van der Waals surface area contributed by atoms with Crippen LogP contribution in [-0.4, -0.2) is 31.6 Å². The van der Waals surface area contributed by atoms with Crippen molar-refractivity contribution < 1.29 is 35.3 Å². The molecule has 0 rings (SSSR count). The van der Waals surface area contributed by atoms with Crippen molar-refractivity contribution in [3.63, 3.8) is 0 Å². The Morgan fingerprint density at radius 1 is 1.20 bits per heavy atom. The fourth-order valence-electron chi connectivity index (χ4n) is 1.13. The first-order valence-electron chi connectivity index (χ1n) is 5.93. The van der Waals surface area contributed by atoms with Crippen molar-refractivity contribution >= 4 is 16.1 Å². The summed E-state index contributed by atoms with van der Waals surface area (Å²) in [5.41, 5.74) is -6.55. The van der Waals surface area contributed by atoms with Gasteiger partial charge in [0, 0.05) is 0 Å². The van der Waals surface area contributed by atoms with E-state index < -0.39 is 39.2 Å².